The van der Waals surface area contributed by atoms with E-state index in [0.29, 0.717) is 25.2 Å². The predicted molar refractivity (Wildman–Crippen MR) is 152 cm³/mol. The average Bonchev–Trinajstić information content (AvgIpc) is 2.84. The van der Waals surface area contributed by atoms with Gasteiger partial charge in [-0.15, -0.1) is 0 Å². The molecule has 38 heavy (non-hydrogen) atoms. The first-order valence-electron chi connectivity index (χ1n) is 11.2. The van der Waals surface area contributed by atoms with Crippen LogP contribution in [-0.2, 0) is 14.4 Å². The number of anilines is 2. The fourth-order valence-corrected chi connectivity index (χ4v) is 5.25. The Balaban J connectivity index is 1.62. The van der Waals surface area contributed by atoms with E-state index in [2.05, 4.69) is 42.5 Å². The van der Waals surface area contributed by atoms with Crippen LogP contribution in [0.5, 0.6) is 5.75 Å². The van der Waals surface area contributed by atoms with Crippen LogP contribution in [0.1, 0.15) is 16.7 Å². The molecule has 5 amide bonds. The lowest BCUT2D eigenvalue weighted by atomic mass is 10.1. The summed E-state index contributed by atoms with van der Waals surface area (Å²) < 4.78 is 6.92. The minimum absolute atomic E-state index is 0.229. The van der Waals surface area contributed by atoms with Crippen molar-refractivity contribution in [3.63, 3.8) is 0 Å². The minimum Gasteiger partial charge on any atom is -0.482 e. The summed E-state index contributed by atoms with van der Waals surface area (Å²) in [5.74, 6) is -1.85. The highest BCUT2D eigenvalue weighted by atomic mass is 79.9. The number of nitrogens with one attached hydrogen (secondary N) is 2. The number of urea groups is 1. The van der Waals surface area contributed by atoms with E-state index < -0.39 is 23.8 Å². The largest absolute Gasteiger partial charge is 0.482 e. The quantitative estimate of drug-likeness (QED) is 0.243. The van der Waals surface area contributed by atoms with Crippen molar-refractivity contribution in [1.29, 1.82) is 0 Å². The number of benzene rings is 3. The molecule has 1 heterocycles. The van der Waals surface area contributed by atoms with Crippen LogP contribution in [0.4, 0.5) is 16.2 Å². The molecule has 0 aromatic heterocycles. The van der Waals surface area contributed by atoms with Crippen molar-refractivity contribution in [3.8, 4) is 5.75 Å². The molecule has 2 N–H and O–H groups in total. The number of imide groups is 2. The van der Waals surface area contributed by atoms with Gasteiger partial charge in [-0.1, -0.05) is 45.2 Å². The lowest BCUT2D eigenvalue weighted by Gasteiger charge is -2.26. The van der Waals surface area contributed by atoms with Gasteiger partial charge < -0.3 is 10.1 Å². The molecule has 0 unspecified atom stereocenters. The van der Waals surface area contributed by atoms with Crippen LogP contribution >= 0.6 is 43.5 Å². The summed E-state index contributed by atoms with van der Waals surface area (Å²) in [5.41, 5.74) is 2.92. The average molecular weight is 662 g/mol. The third-order valence-electron chi connectivity index (χ3n) is 5.53. The Morgan fingerprint density at radius 3 is 2.45 bits per heavy atom. The number of carbonyl (C=O) groups excluding carboxylic acids is 4. The maximum Gasteiger partial charge on any atom is 0.335 e. The first-order chi connectivity index (χ1) is 18.0. The van der Waals surface area contributed by atoms with Gasteiger partial charge in [0.25, 0.3) is 17.7 Å². The van der Waals surface area contributed by atoms with Gasteiger partial charge in [-0.05, 0) is 83.9 Å². The predicted octanol–water partition coefficient (Wildman–Crippen LogP) is 6.17. The molecule has 0 radical (unpaired) electrons. The fourth-order valence-electron chi connectivity index (χ4n) is 3.76. The Morgan fingerprint density at radius 2 is 1.76 bits per heavy atom. The van der Waals surface area contributed by atoms with Crippen molar-refractivity contribution >= 4 is 84.7 Å². The van der Waals surface area contributed by atoms with E-state index in [-0.39, 0.29) is 23.6 Å². The third-order valence-corrected chi connectivity index (χ3v) is 6.83. The van der Waals surface area contributed by atoms with Crippen LogP contribution in [0.15, 0.2) is 69.1 Å². The number of rotatable bonds is 6. The summed E-state index contributed by atoms with van der Waals surface area (Å²) in [6.45, 7) is 3.52. The second kappa shape index (κ2) is 11.5. The number of ether oxygens (including phenoxy) is 1. The molecule has 11 heteroatoms. The van der Waals surface area contributed by atoms with E-state index in [1.807, 2.05) is 32.0 Å². The standard InChI is InChI=1S/C27H20Br2ClN3O5/c1-14-3-8-22(15(2)9-14)31-23(34)13-38-24-16(10-17(28)12-21(24)29)11-20-25(35)32-27(37)33(26(20)36)19-6-4-18(30)5-7-19/h3-12H,13H2,1-2H3,(H,31,34)(H,32,35,37)/b20-11-. The monoisotopic (exact) mass is 659 g/mol. The van der Waals surface area contributed by atoms with Crippen molar-refractivity contribution in [1.82, 2.24) is 5.32 Å². The Bertz CT molecular complexity index is 1510. The second-order valence-electron chi connectivity index (χ2n) is 8.40. The molecule has 1 aliphatic heterocycles. The topological polar surface area (TPSA) is 105 Å². The Hall–Kier alpha value is -3.47. The first kappa shape index (κ1) is 27.6. The first-order valence-corrected chi connectivity index (χ1v) is 13.2. The fraction of sp³-hybridized carbons (Fsp3) is 0.111. The summed E-state index contributed by atoms with van der Waals surface area (Å²) in [7, 11) is 0. The number of barbiturate groups is 1. The Kier molecular flexibility index (Phi) is 8.35. The van der Waals surface area contributed by atoms with Gasteiger partial charge in [0.1, 0.15) is 11.3 Å². The number of amides is 5. The molecule has 1 saturated heterocycles. The number of nitrogens with zero attached hydrogens (tertiary/aromatic N) is 1. The van der Waals surface area contributed by atoms with Gasteiger partial charge in [0.05, 0.1) is 10.2 Å². The highest BCUT2D eigenvalue weighted by Crippen LogP contribution is 2.35. The Labute approximate surface area is 240 Å². The van der Waals surface area contributed by atoms with Gasteiger partial charge >= 0.3 is 6.03 Å². The van der Waals surface area contributed by atoms with Gasteiger partial charge in [0.15, 0.2) is 6.61 Å². The smallest absolute Gasteiger partial charge is 0.335 e. The lowest BCUT2D eigenvalue weighted by Crippen LogP contribution is -2.54. The van der Waals surface area contributed by atoms with E-state index >= 15 is 0 Å². The molecule has 8 nitrogen and oxygen atoms in total. The van der Waals surface area contributed by atoms with Gasteiger partial charge in [-0.2, -0.15) is 0 Å². The van der Waals surface area contributed by atoms with Crippen molar-refractivity contribution in [2.75, 3.05) is 16.8 Å². The second-order valence-corrected chi connectivity index (χ2v) is 10.6. The molecular weight excluding hydrogens is 642 g/mol. The van der Waals surface area contributed by atoms with Crippen molar-refractivity contribution in [3.05, 3.63) is 90.8 Å². The number of hydrogen-bond donors (Lipinski definition) is 2. The SMILES string of the molecule is Cc1ccc(NC(=O)COc2c(Br)cc(Br)cc2/C=C2/C(=O)NC(=O)N(c3ccc(Cl)cc3)C2=O)c(C)c1. The van der Waals surface area contributed by atoms with Gasteiger partial charge in [-0.25, -0.2) is 9.69 Å². The zero-order valence-electron chi connectivity index (χ0n) is 20.1. The van der Waals surface area contributed by atoms with Crippen LogP contribution in [0.3, 0.4) is 0 Å². The van der Waals surface area contributed by atoms with Crippen LogP contribution < -0.4 is 20.3 Å². The summed E-state index contributed by atoms with van der Waals surface area (Å²) >= 11 is 12.7. The highest BCUT2D eigenvalue weighted by Gasteiger charge is 2.37. The number of halogens is 3. The molecule has 1 aliphatic rings. The molecule has 0 spiro atoms. The van der Waals surface area contributed by atoms with E-state index in [9.17, 15) is 19.2 Å². The summed E-state index contributed by atoms with van der Waals surface area (Å²) in [4.78, 5) is 51.8. The van der Waals surface area contributed by atoms with E-state index in [0.717, 1.165) is 16.0 Å². The normalized spacial score (nSPS) is 14.5. The maximum atomic E-state index is 13.3. The van der Waals surface area contributed by atoms with E-state index in [4.69, 9.17) is 16.3 Å². The summed E-state index contributed by atoms with van der Waals surface area (Å²) in [5, 5.41) is 5.41. The zero-order chi connectivity index (χ0) is 27.6. The number of carbonyl (C=O) groups is 4. The molecule has 3 aromatic carbocycles. The van der Waals surface area contributed by atoms with Crippen LogP contribution in [0, 0.1) is 13.8 Å². The van der Waals surface area contributed by atoms with Gasteiger partial charge in [-0.3, -0.25) is 19.7 Å². The molecule has 3 aromatic rings. The summed E-state index contributed by atoms with van der Waals surface area (Å²) in [6, 6.07) is 14.1. The molecule has 4 rings (SSSR count). The number of aryl methyl sites for hydroxylation is 2. The third kappa shape index (κ3) is 6.15. The molecule has 1 fully saturated rings. The molecule has 194 valence electrons. The van der Waals surface area contributed by atoms with E-state index in [1.54, 1.807) is 12.1 Å². The molecular formula is C27H20Br2ClN3O5. The molecule has 0 bridgehead atoms. The maximum absolute atomic E-state index is 13.3. The van der Waals surface area contributed by atoms with Crippen LogP contribution in [0.2, 0.25) is 5.02 Å². The summed E-state index contributed by atoms with van der Waals surface area (Å²) in [6.07, 6.45) is 1.31. The number of hydrogen-bond acceptors (Lipinski definition) is 5. The van der Waals surface area contributed by atoms with Crippen LogP contribution in [-0.4, -0.2) is 30.4 Å². The molecule has 0 aliphatic carbocycles. The Morgan fingerprint density at radius 1 is 1.05 bits per heavy atom. The zero-order valence-corrected chi connectivity index (χ0v) is 24.0. The van der Waals surface area contributed by atoms with Crippen LogP contribution in [0.25, 0.3) is 6.08 Å². The molecule has 0 saturated carbocycles. The van der Waals surface area contributed by atoms with Crippen molar-refractivity contribution < 1.29 is 23.9 Å². The van der Waals surface area contributed by atoms with Crippen molar-refractivity contribution in [2.45, 2.75) is 13.8 Å². The highest BCUT2D eigenvalue weighted by molar-refractivity contribution is 9.11. The van der Waals surface area contributed by atoms with Crippen molar-refractivity contribution in [2.24, 2.45) is 0 Å². The molecule has 0 atom stereocenters. The van der Waals surface area contributed by atoms with Gasteiger partial charge in [0.2, 0.25) is 0 Å². The lowest BCUT2D eigenvalue weighted by molar-refractivity contribution is -0.122. The van der Waals surface area contributed by atoms with Gasteiger partial charge in [0, 0.05) is 20.7 Å². The van der Waals surface area contributed by atoms with E-state index in [1.165, 1.54) is 30.3 Å². The minimum atomic E-state index is -0.880.